The molecule has 2 aliphatic rings. The monoisotopic (exact) mass is 575 g/mol. The van der Waals surface area contributed by atoms with E-state index in [0.29, 0.717) is 42.2 Å². The Hall–Kier alpha value is -4.96. The molecule has 2 N–H and O–H groups in total. The van der Waals surface area contributed by atoms with Gasteiger partial charge in [-0.05, 0) is 56.1 Å². The van der Waals surface area contributed by atoms with Crippen LogP contribution in [-0.2, 0) is 4.79 Å². The molecule has 4 heterocycles. The van der Waals surface area contributed by atoms with Gasteiger partial charge in [0.1, 0.15) is 41.2 Å². The lowest BCUT2D eigenvalue weighted by Gasteiger charge is -2.18. The van der Waals surface area contributed by atoms with Crippen LogP contribution in [0, 0.1) is 0 Å². The number of carbonyl (C=O) groups excluding carboxylic acids is 1. The Morgan fingerprint density at radius 2 is 1.86 bits per heavy atom. The summed E-state index contributed by atoms with van der Waals surface area (Å²) in [6.45, 7) is 1.95. The second kappa shape index (κ2) is 11.4. The number of anilines is 1. The van der Waals surface area contributed by atoms with Crippen LogP contribution in [0.2, 0.25) is 0 Å². The number of fused-ring (bicyclic) bond motifs is 1. The van der Waals surface area contributed by atoms with Crippen molar-refractivity contribution in [1.82, 2.24) is 29.3 Å². The van der Waals surface area contributed by atoms with E-state index in [1.807, 2.05) is 65.6 Å². The van der Waals surface area contributed by atoms with Crippen molar-refractivity contribution in [3.63, 3.8) is 0 Å². The first-order valence-electron chi connectivity index (χ1n) is 14.6. The number of carbonyl (C=O) groups is 1. The van der Waals surface area contributed by atoms with Crippen LogP contribution in [0.3, 0.4) is 0 Å². The Balaban J connectivity index is 1.24. The molecular formula is C33H33N7O3. The minimum absolute atomic E-state index is 0.0178. The van der Waals surface area contributed by atoms with Gasteiger partial charge in [-0.3, -0.25) is 9.69 Å². The molecule has 1 atom stereocenters. The quantitative estimate of drug-likeness (QED) is 0.228. The van der Waals surface area contributed by atoms with Gasteiger partial charge in [0.05, 0.1) is 17.6 Å². The predicted octanol–water partition coefficient (Wildman–Crippen LogP) is 5.55. The summed E-state index contributed by atoms with van der Waals surface area (Å²) >= 11 is 0. The van der Waals surface area contributed by atoms with Gasteiger partial charge in [-0.15, -0.1) is 0 Å². The summed E-state index contributed by atoms with van der Waals surface area (Å²) in [5, 5.41) is 0.722. The fourth-order valence-electron chi connectivity index (χ4n) is 5.90. The normalized spacial score (nSPS) is 17.0. The Kier molecular flexibility index (Phi) is 7.12. The van der Waals surface area contributed by atoms with E-state index in [-0.39, 0.29) is 11.9 Å². The summed E-state index contributed by atoms with van der Waals surface area (Å²) in [4.78, 5) is 30.9. The molecule has 1 aliphatic heterocycles. The summed E-state index contributed by atoms with van der Waals surface area (Å²) < 4.78 is 14.0. The lowest BCUT2D eigenvalue weighted by molar-refractivity contribution is -0.125. The number of ether oxygens (including phenoxy) is 1. The molecule has 10 nitrogen and oxygen atoms in total. The zero-order chi connectivity index (χ0) is 29.3. The van der Waals surface area contributed by atoms with Crippen LogP contribution in [0.5, 0.6) is 11.5 Å². The highest BCUT2D eigenvalue weighted by molar-refractivity contribution is 6.07. The summed E-state index contributed by atoms with van der Waals surface area (Å²) in [5.74, 6) is 2.30. The molecule has 1 unspecified atom stereocenters. The molecule has 10 heteroatoms. The molecule has 7 rings (SSSR count). The Bertz CT molecular complexity index is 1760. The summed E-state index contributed by atoms with van der Waals surface area (Å²) in [6, 6.07) is 18.1. The fourth-order valence-corrected chi connectivity index (χ4v) is 5.90. The van der Waals surface area contributed by atoms with Crippen molar-refractivity contribution < 1.29 is 13.9 Å². The van der Waals surface area contributed by atoms with E-state index >= 15 is 0 Å². The number of likely N-dealkylation sites (N-methyl/N-ethyl adjacent to an activating group) is 1. The van der Waals surface area contributed by atoms with Gasteiger partial charge in [0.15, 0.2) is 0 Å². The first-order chi connectivity index (χ1) is 21.1. The molecule has 3 aromatic heterocycles. The average molecular weight is 576 g/mol. The van der Waals surface area contributed by atoms with Gasteiger partial charge in [-0.1, -0.05) is 36.4 Å². The first kappa shape index (κ1) is 26.9. The van der Waals surface area contributed by atoms with Crippen molar-refractivity contribution in [2.24, 2.45) is 0 Å². The average Bonchev–Trinajstić information content (AvgIpc) is 3.38. The molecule has 0 spiro atoms. The topological polar surface area (TPSA) is 116 Å². The number of oxazole rings is 1. The van der Waals surface area contributed by atoms with E-state index < -0.39 is 0 Å². The zero-order valence-electron chi connectivity index (χ0n) is 24.0. The smallest absolute Gasteiger partial charge is 0.246 e. The summed E-state index contributed by atoms with van der Waals surface area (Å²) in [5.41, 5.74) is 9.68. The van der Waals surface area contributed by atoms with E-state index in [0.717, 1.165) is 40.9 Å². The predicted molar refractivity (Wildman–Crippen MR) is 164 cm³/mol. The lowest BCUT2D eigenvalue weighted by Crippen LogP contribution is -2.28. The van der Waals surface area contributed by atoms with E-state index in [2.05, 4.69) is 26.5 Å². The third-order valence-corrected chi connectivity index (χ3v) is 8.23. The van der Waals surface area contributed by atoms with Crippen molar-refractivity contribution in [3.8, 4) is 34.2 Å². The number of likely N-dealkylation sites (tertiary alicyclic amines) is 1. The highest BCUT2D eigenvalue weighted by Gasteiger charge is 2.34. The summed E-state index contributed by atoms with van der Waals surface area (Å²) in [6.07, 6.45) is 11.6. The van der Waals surface area contributed by atoms with Crippen LogP contribution in [0.15, 0.2) is 90.0 Å². The highest BCUT2D eigenvalue weighted by Crippen LogP contribution is 2.45. The largest absolute Gasteiger partial charge is 0.457 e. The van der Waals surface area contributed by atoms with Crippen LogP contribution < -0.4 is 10.5 Å². The van der Waals surface area contributed by atoms with E-state index in [4.69, 9.17) is 19.9 Å². The number of para-hydroxylation sites is 1. The van der Waals surface area contributed by atoms with E-state index in [1.54, 1.807) is 18.5 Å². The molecule has 2 fully saturated rings. The standard InChI is InChI=1S/C33H33N7O3/c1-38(23-11-12-23)17-5-8-27(41)39-18-15-24(20-39)40-30(33-35-16-19-42-33)28(29-31(34)36-21-37-32(29)40)22-9-13-26(14-10-22)43-25-6-3-2-4-7-25/h2-10,13-14,16,19,21,23-24H,11-12,15,17-18,20H2,1H3,(H2,34,36,37). The van der Waals surface area contributed by atoms with Gasteiger partial charge in [-0.25, -0.2) is 15.0 Å². The molecule has 2 aromatic carbocycles. The van der Waals surface area contributed by atoms with Gasteiger partial charge in [0.2, 0.25) is 11.8 Å². The van der Waals surface area contributed by atoms with Gasteiger partial charge in [0, 0.05) is 37.3 Å². The SMILES string of the molecule is CN(CC=CC(=O)N1CCC(n2c(-c3ncco3)c(-c3ccc(Oc4ccccc4)cc3)c3c(N)ncnc32)C1)C1CC1. The van der Waals surface area contributed by atoms with Crippen molar-refractivity contribution in [1.29, 1.82) is 0 Å². The molecular weight excluding hydrogens is 542 g/mol. The van der Waals surface area contributed by atoms with Crippen molar-refractivity contribution in [2.45, 2.75) is 31.3 Å². The maximum Gasteiger partial charge on any atom is 0.246 e. The number of hydrogen-bond donors (Lipinski definition) is 1. The van der Waals surface area contributed by atoms with Crippen LogP contribution in [0.1, 0.15) is 25.3 Å². The minimum Gasteiger partial charge on any atom is -0.457 e. The van der Waals surface area contributed by atoms with Crippen LogP contribution in [-0.4, -0.2) is 67.9 Å². The maximum atomic E-state index is 13.1. The van der Waals surface area contributed by atoms with Gasteiger partial charge >= 0.3 is 0 Å². The molecule has 1 saturated carbocycles. The molecule has 218 valence electrons. The Morgan fingerprint density at radius 1 is 1.07 bits per heavy atom. The highest BCUT2D eigenvalue weighted by atomic mass is 16.5. The van der Waals surface area contributed by atoms with E-state index in [9.17, 15) is 4.79 Å². The van der Waals surface area contributed by atoms with Gasteiger partial charge < -0.3 is 24.4 Å². The number of benzene rings is 2. The zero-order valence-corrected chi connectivity index (χ0v) is 24.0. The number of nitrogen functional groups attached to an aromatic ring is 1. The number of rotatable bonds is 9. The van der Waals surface area contributed by atoms with Crippen LogP contribution in [0.4, 0.5) is 5.82 Å². The fraction of sp³-hybridized carbons (Fsp3) is 0.273. The summed E-state index contributed by atoms with van der Waals surface area (Å²) in [7, 11) is 2.11. The van der Waals surface area contributed by atoms with E-state index in [1.165, 1.54) is 19.2 Å². The van der Waals surface area contributed by atoms with Crippen molar-refractivity contribution in [2.75, 3.05) is 32.4 Å². The van der Waals surface area contributed by atoms with Crippen molar-refractivity contribution in [3.05, 3.63) is 85.5 Å². The lowest BCUT2D eigenvalue weighted by atomic mass is 10.0. The van der Waals surface area contributed by atoms with Gasteiger partial charge in [-0.2, -0.15) is 0 Å². The molecule has 0 bridgehead atoms. The molecule has 1 saturated heterocycles. The number of nitrogens with two attached hydrogens (primary N) is 1. The molecule has 5 aromatic rings. The first-order valence-corrected chi connectivity index (χ1v) is 14.6. The van der Waals surface area contributed by atoms with Crippen molar-refractivity contribution >= 4 is 22.8 Å². The number of amides is 1. The molecule has 1 amide bonds. The molecule has 43 heavy (non-hydrogen) atoms. The number of aromatic nitrogens is 4. The molecule has 0 radical (unpaired) electrons. The third kappa shape index (κ3) is 5.37. The number of hydrogen-bond acceptors (Lipinski definition) is 8. The van der Waals surface area contributed by atoms with Crippen LogP contribution in [0.25, 0.3) is 33.7 Å². The molecule has 1 aliphatic carbocycles. The van der Waals surface area contributed by atoms with Crippen LogP contribution >= 0.6 is 0 Å². The number of nitrogens with zero attached hydrogens (tertiary/aromatic N) is 6. The Labute approximate surface area is 249 Å². The second-order valence-corrected chi connectivity index (χ2v) is 11.1. The maximum absolute atomic E-state index is 13.1. The minimum atomic E-state index is -0.0559. The Morgan fingerprint density at radius 3 is 2.60 bits per heavy atom. The van der Waals surface area contributed by atoms with Gasteiger partial charge in [0.25, 0.3) is 0 Å². The third-order valence-electron chi connectivity index (χ3n) is 8.23. The second-order valence-electron chi connectivity index (χ2n) is 11.1.